The highest BCUT2D eigenvalue weighted by Crippen LogP contribution is 2.21. The van der Waals surface area contributed by atoms with Crippen LogP contribution in [0, 0.1) is 15.3 Å². The minimum Gasteiger partial charge on any atom is -0.380 e. The van der Waals surface area contributed by atoms with Gasteiger partial charge in [-0.25, -0.2) is 9.59 Å². The van der Waals surface area contributed by atoms with E-state index in [0.29, 0.717) is 0 Å². The molecule has 0 aromatic carbocycles. The van der Waals surface area contributed by atoms with Crippen LogP contribution in [-0.4, -0.2) is 29.4 Å². The van der Waals surface area contributed by atoms with Gasteiger partial charge in [-0.2, -0.15) is 26.3 Å². The number of rotatable bonds is 0. The Balaban J connectivity index is -0.000000392. The van der Waals surface area contributed by atoms with Crippen LogP contribution in [0.15, 0.2) is 0 Å². The quantitative estimate of drug-likeness (QED) is 0.234. The van der Waals surface area contributed by atoms with Gasteiger partial charge in [0.1, 0.15) is 0 Å². The number of alkyl halides is 6. The van der Waals surface area contributed by atoms with Gasteiger partial charge in [0.15, 0.2) is 0 Å². The predicted molar refractivity (Wildman–Crippen MR) is 39.6 cm³/mol. The Bertz CT molecular complexity index is 282. The van der Waals surface area contributed by atoms with E-state index in [1.54, 1.807) is 0 Å². The van der Waals surface area contributed by atoms with Crippen LogP contribution in [-0.2, 0) is 14.3 Å². The van der Waals surface area contributed by atoms with Crippen molar-refractivity contribution in [1.29, 1.82) is 0 Å². The monoisotopic (exact) mass is 290 g/mol. The van der Waals surface area contributed by atoms with E-state index in [2.05, 4.69) is 4.74 Å². The molecule has 0 aliphatic heterocycles. The van der Waals surface area contributed by atoms with E-state index in [0.717, 1.165) is 0 Å². The van der Waals surface area contributed by atoms with Gasteiger partial charge in [0.25, 0.3) is 0 Å². The van der Waals surface area contributed by atoms with Gasteiger partial charge < -0.3 is 26.2 Å². The first-order chi connectivity index (χ1) is 7.28. The largest absolute Gasteiger partial charge is 0.491 e. The van der Waals surface area contributed by atoms with Gasteiger partial charge in [-0.05, 0) is 0 Å². The highest BCUT2D eigenvalue weighted by molar-refractivity contribution is 5.90. The van der Waals surface area contributed by atoms with Crippen molar-refractivity contribution in [3.05, 3.63) is 15.3 Å². The van der Waals surface area contributed by atoms with Crippen LogP contribution in [0.3, 0.4) is 0 Å². The molecule has 0 radical (unpaired) electrons. The van der Waals surface area contributed by atoms with Crippen LogP contribution >= 0.6 is 0 Å². The summed E-state index contributed by atoms with van der Waals surface area (Å²) in [6.45, 7) is 0. The number of carbonyl (C=O) groups excluding carboxylic acids is 2. The number of quaternary nitrogens is 1. The number of ether oxygens (including phenoxy) is 1. The number of carbonyl (C=O) groups is 2. The summed E-state index contributed by atoms with van der Waals surface area (Å²) in [5, 5.41) is 14.8. The molecule has 0 spiro atoms. The molecule has 0 atom stereocenters. The zero-order valence-corrected chi connectivity index (χ0v) is 8.16. The maximum absolute atomic E-state index is 11.2. The van der Waals surface area contributed by atoms with Crippen LogP contribution in [0.4, 0.5) is 26.3 Å². The van der Waals surface area contributed by atoms with Gasteiger partial charge in [0.2, 0.25) is 0 Å². The van der Waals surface area contributed by atoms with Crippen molar-refractivity contribution in [3.8, 4) is 0 Å². The lowest BCUT2D eigenvalue weighted by molar-refractivity contribution is -0.402. The first kappa shape index (κ1) is 21.2. The molecule has 0 rings (SSSR count). The Kier molecular flexibility index (Phi) is 8.54. The zero-order valence-electron chi connectivity index (χ0n) is 8.16. The normalized spacial score (nSPS) is 10.3. The fourth-order valence-electron chi connectivity index (χ4n) is 0.200. The van der Waals surface area contributed by atoms with Crippen LogP contribution in [0.25, 0.3) is 0 Å². The van der Waals surface area contributed by atoms with E-state index in [-0.39, 0.29) is 6.15 Å². The highest BCUT2D eigenvalue weighted by Gasteiger charge is 2.49. The second-order valence-corrected chi connectivity index (χ2v) is 1.90. The Morgan fingerprint density at radius 2 is 1.06 bits per heavy atom. The lowest BCUT2D eigenvalue weighted by Crippen LogP contribution is -2.34. The second kappa shape index (κ2) is 7.25. The Hall–Kier alpha value is -2.12. The Morgan fingerprint density at radius 1 is 0.889 bits per heavy atom. The molecule has 4 N–H and O–H groups in total. The van der Waals surface area contributed by atoms with Crippen molar-refractivity contribution < 1.29 is 45.8 Å². The maximum Gasteiger partial charge on any atom is 0.491 e. The van der Waals surface area contributed by atoms with Crippen molar-refractivity contribution in [2.75, 3.05) is 0 Å². The van der Waals surface area contributed by atoms with Crippen LogP contribution in [0.1, 0.15) is 0 Å². The van der Waals surface area contributed by atoms with E-state index in [1.807, 2.05) is 0 Å². The molecular weight excluding hydrogens is 286 g/mol. The van der Waals surface area contributed by atoms with Crippen molar-refractivity contribution in [1.82, 2.24) is 6.15 Å². The summed E-state index contributed by atoms with van der Waals surface area (Å²) < 4.78 is 69.7. The molecule has 8 nitrogen and oxygen atoms in total. The second-order valence-electron chi connectivity index (χ2n) is 1.90. The van der Waals surface area contributed by atoms with E-state index < -0.39 is 29.4 Å². The van der Waals surface area contributed by atoms with Crippen molar-refractivity contribution in [2.45, 2.75) is 12.4 Å². The third-order valence-corrected chi connectivity index (χ3v) is 0.648. The molecule has 0 fully saturated rings. The molecule has 0 aromatic heterocycles. The first-order valence-electron chi connectivity index (χ1n) is 3.00. The van der Waals surface area contributed by atoms with E-state index in [4.69, 9.17) is 15.3 Å². The molecule has 0 saturated carbocycles. The van der Waals surface area contributed by atoms with Gasteiger partial charge in [-0.1, -0.05) is 0 Å². The number of hydrogen-bond donors (Lipinski definition) is 1. The Labute approximate surface area is 92.8 Å². The number of esters is 2. The molecule has 0 amide bonds. The van der Waals surface area contributed by atoms with Crippen molar-refractivity contribution in [2.24, 2.45) is 0 Å². The summed E-state index contributed by atoms with van der Waals surface area (Å²) >= 11 is 0. The van der Waals surface area contributed by atoms with Crippen LogP contribution < -0.4 is 6.15 Å². The highest BCUT2D eigenvalue weighted by atomic mass is 19.4. The molecule has 0 heterocycles. The Morgan fingerprint density at radius 3 is 1.17 bits per heavy atom. The van der Waals surface area contributed by atoms with Crippen molar-refractivity contribution in [3.63, 3.8) is 0 Å². The predicted octanol–water partition coefficient (Wildman–Crippen LogP) is 1.32. The summed E-state index contributed by atoms with van der Waals surface area (Å²) in [7, 11) is 0. The number of hydrogen-bond acceptors (Lipinski definition) is 6. The molecule has 0 bridgehead atoms. The molecular formula is C4H4F6N2O6. The molecule has 0 saturated heterocycles. The van der Waals surface area contributed by atoms with Gasteiger partial charge in [0, 0.05) is 0 Å². The molecule has 0 unspecified atom stereocenters. The van der Waals surface area contributed by atoms with Crippen LogP contribution in [0.5, 0.6) is 0 Å². The summed E-state index contributed by atoms with van der Waals surface area (Å²) in [4.78, 5) is 27.6. The summed E-state index contributed by atoms with van der Waals surface area (Å²) in [5.74, 6) is -6.40. The van der Waals surface area contributed by atoms with Gasteiger partial charge >= 0.3 is 24.3 Å². The molecule has 14 heteroatoms. The third kappa shape index (κ3) is 12.0. The standard InChI is InChI=1S/C4F6O3.NO3.H3N/c5-3(6,7)1(11)13-2(12)4(8,9)10;2-1(3)4;/h;;1H3/q;-1;/p+1. The average molecular weight is 290 g/mol. The SMILES string of the molecule is O=C(OC(=O)C(F)(F)F)C(F)(F)F.O=[N+]([O-])[O-].[NH4+]. The average Bonchev–Trinajstić information content (AvgIpc) is 1.98. The lowest BCUT2D eigenvalue weighted by atomic mass is 10.6. The van der Waals surface area contributed by atoms with Gasteiger partial charge in [0.05, 0.1) is 5.09 Å². The third-order valence-electron chi connectivity index (χ3n) is 0.648. The summed E-state index contributed by atoms with van der Waals surface area (Å²) in [5.41, 5.74) is 0. The topological polar surface area (TPSA) is 146 Å². The van der Waals surface area contributed by atoms with Gasteiger partial charge in [-0.15, -0.1) is 0 Å². The lowest BCUT2D eigenvalue weighted by Gasteiger charge is -2.06. The molecule has 0 aromatic rings. The van der Waals surface area contributed by atoms with E-state index >= 15 is 0 Å². The number of nitrogens with zero attached hydrogens (tertiary/aromatic N) is 1. The maximum atomic E-state index is 11.2. The first-order valence-corrected chi connectivity index (χ1v) is 3.00. The minimum atomic E-state index is -5.62. The molecule has 0 aliphatic rings. The van der Waals surface area contributed by atoms with E-state index in [9.17, 15) is 35.9 Å². The minimum absolute atomic E-state index is 0. The zero-order chi connectivity index (χ0) is 14.4. The van der Waals surface area contributed by atoms with E-state index in [1.165, 1.54) is 0 Å². The molecule has 0 aliphatic carbocycles. The van der Waals surface area contributed by atoms with Gasteiger partial charge in [-0.3, -0.25) is 0 Å². The molecule has 18 heavy (non-hydrogen) atoms. The van der Waals surface area contributed by atoms with Crippen molar-refractivity contribution >= 4 is 11.9 Å². The smallest absolute Gasteiger partial charge is 0.380 e. The van der Waals surface area contributed by atoms with Crippen LogP contribution in [0.2, 0.25) is 0 Å². The fraction of sp³-hybridized carbons (Fsp3) is 0.500. The number of halogens is 6. The molecule has 108 valence electrons. The summed E-state index contributed by atoms with van der Waals surface area (Å²) in [6.07, 6.45) is -11.2. The fourth-order valence-corrected chi connectivity index (χ4v) is 0.200. The summed E-state index contributed by atoms with van der Waals surface area (Å²) in [6, 6.07) is 0.